The monoisotopic (exact) mass is 380 g/mol. The third kappa shape index (κ3) is 4.57. The van der Waals surface area contributed by atoms with Crippen molar-refractivity contribution in [3.63, 3.8) is 0 Å². The minimum atomic E-state index is -0.0383. The van der Waals surface area contributed by atoms with E-state index in [0.29, 0.717) is 5.75 Å². The highest BCUT2D eigenvalue weighted by Gasteiger charge is 2.15. The summed E-state index contributed by atoms with van der Waals surface area (Å²) >= 11 is 1.41. The maximum atomic E-state index is 12.4. The molecule has 0 radical (unpaired) electrons. The molecular weight excluding hydrogens is 356 g/mol. The van der Waals surface area contributed by atoms with Gasteiger partial charge in [-0.05, 0) is 38.0 Å². The lowest BCUT2D eigenvalue weighted by atomic mass is 10.1. The SMILES string of the molecule is CCc1ccccc1NC(=O)CSc1nnc(-c2cccc(C)c2)n1CC. The number of carbonyl (C=O) groups excluding carboxylic acids is 1. The smallest absolute Gasteiger partial charge is 0.234 e. The van der Waals surface area contributed by atoms with Gasteiger partial charge in [0.2, 0.25) is 5.91 Å². The highest BCUT2D eigenvalue weighted by atomic mass is 32.2. The largest absolute Gasteiger partial charge is 0.325 e. The lowest BCUT2D eigenvalue weighted by molar-refractivity contribution is -0.113. The first-order chi connectivity index (χ1) is 13.1. The fourth-order valence-electron chi connectivity index (χ4n) is 2.95. The summed E-state index contributed by atoms with van der Waals surface area (Å²) in [5, 5.41) is 12.4. The van der Waals surface area contributed by atoms with Gasteiger partial charge in [0.1, 0.15) is 0 Å². The lowest BCUT2D eigenvalue weighted by Gasteiger charge is -2.10. The number of amides is 1. The number of carbonyl (C=O) groups is 1. The lowest BCUT2D eigenvalue weighted by Crippen LogP contribution is -2.15. The van der Waals surface area contributed by atoms with Crippen LogP contribution in [0.15, 0.2) is 53.7 Å². The highest BCUT2D eigenvalue weighted by molar-refractivity contribution is 7.99. The summed E-state index contributed by atoms with van der Waals surface area (Å²) in [6.07, 6.45) is 0.883. The normalized spacial score (nSPS) is 10.8. The number of nitrogens with one attached hydrogen (secondary N) is 1. The van der Waals surface area contributed by atoms with Crippen LogP contribution in [0.2, 0.25) is 0 Å². The Morgan fingerprint density at radius 1 is 1.11 bits per heavy atom. The minimum absolute atomic E-state index is 0.0383. The first kappa shape index (κ1) is 19.2. The van der Waals surface area contributed by atoms with Crippen molar-refractivity contribution in [2.24, 2.45) is 0 Å². The Bertz CT molecular complexity index is 935. The van der Waals surface area contributed by atoms with Crippen LogP contribution in [-0.4, -0.2) is 26.4 Å². The van der Waals surface area contributed by atoms with E-state index in [-0.39, 0.29) is 5.91 Å². The van der Waals surface area contributed by atoms with E-state index in [0.717, 1.165) is 40.8 Å². The summed E-state index contributed by atoms with van der Waals surface area (Å²) in [6, 6.07) is 16.1. The molecule has 0 aliphatic heterocycles. The Balaban J connectivity index is 1.70. The molecule has 0 atom stereocenters. The summed E-state index contributed by atoms with van der Waals surface area (Å²) < 4.78 is 2.05. The van der Waals surface area contributed by atoms with E-state index in [1.165, 1.54) is 17.3 Å². The van der Waals surface area contributed by atoms with Crippen molar-refractivity contribution in [1.82, 2.24) is 14.8 Å². The molecule has 1 aromatic heterocycles. The Kier molecular flexibility index (Phi) is 6.29. The predicted molar refractivity (Wildman–Crippen MR) is 111 cm³/mol. The maximum absolute atomic E-state index is 12.4. The van der Waals surface area contributed by atoms with Crippen molar-refractivity contribution in [1.29, 1.82) is 0 Å². The van der Waals surface area contributed by atoms with Crippen molar-refractivity contribution in [2.75, 3.05) is 11.1 Å². The van der Waals surface area contributed by atoms with E-state index in [1.54, 1.807) is 0 Å². The first-order valence-electron chi connectivity index (χ1n) is 9.13. The number of nitrogens with zero attached hydrogens (tertiary/aromatic N) is 3. The second-order valence-corrected chi connectivity index (χ2v) is 7.21. The minimum Gasteiger partial charge on any atom is -0.325 e. The van der Waals surface area contributed by atoms with Gasteiger partial charge >= 0.3 is 0 Å². The third-order valence-electron chi connectivity index (χ3n) is 4.31. The number of aryl methyl sites for hydroxylation is 2. The second-order valence-electron chi connectivity index (χ2n) is 6.27. The van der Waals surface area contributed by atoms with Crippen LogP contribution in [0.25, 0.3) is 11.4 Å². The molecule has 0 unspecified atom stereocenters. The third-order valence-corrected chi connectivity index (χ3v) is 5.28. The molecule has 0 aliphatic rings. The molecule has 1 amide bonds. The fraction of sp³-hybridized carbons (Fsp3) is 0.286. The molecule has 0 fully saturated rings. The zero-order chi connectivity index (χ0) is 19.2. The molecule has 0 saturated carbocycles. The standard InChI is InChI=1S/C21H24N4OS/c1-4-16-10-6-7-12-18(16)22-19(26)14-27-21-24-23-20(25(21)5-2)17-11-8-9-15(3)13-17/h6-13H,4-5,14H2,1-3H3,(H,22,26). The van der Waals surface area contributed by atoms with Crippen LogP contribution in [0.3, 0.4) is 0 Å². The van der Waals surface area contributed by atoms with Crippen molar-refractivity contribution in [2.45, 2.75) is 38.9 Å². The van der Waals surface area contributed by atoms with Gasteiger partial charge in [-0.3, -0.25) is 4.79 Å². The molecule has 6 heteroatoms. The average molecular weight is 381 g/mol. The maximum Gasteiger partial charge on any atom is 0.234 e. The van der Waals surface area contributed by atoms with Gasteiger partial charge in [-0.25, -0.2) is 0 Å². The van der Waals surface area contributed by atoms with E-state index < -0.39 is 0 Å². The van der Waals surface area contributed by atoms with Crippen LogP contribution in [0.4, 0.5) is 5.69 Å². The molecular formula is C21H24N4OS. The van der Waals surface area contributed by atoms with Gasteiger partial charge in [0.15, 0.2) is 11.0 Å². The van der Waals surface area contributed by atoms with E-state index in [1.807, 2.05) is 41.0 Å². The van der Waals surface area contributed by atoms with Crippen LogP contribution in [0.5, 0.6) is 0 Å². The van der Waals surface area contributed by atoms with Gasteiger partial charge in [-0.1, -0.05) is 60.6 Å². The molecule has 1 N–H and O–H groups in total. The molecule has 140 valence electrons. The Labute approximate surface area is 164 Å². The second kappa shape index (κ2) is 8.86. The van der Waals surface area contributed by atoms with Crippen molar-refractivity contribution in [3.05, 3.63) is 59.7 Å². The van der Waals surface area contributed by atoms with Gasteiger partial charge in [0.05, 0.1) is 5.75 Å². The Morgan fingerprint density at radius 2 is 1.93 bits per heavy atom. The van der Waals surface area contributed by atoms with Gasteiger partial charge < -0.3 is 9.88 Å². The zero-order valence-electron chi connectivity index (χ0n) is 15.9. The zero-order valence-corrected chi connectivity index (χ0v) is 16.7. The molecule has 0 spiro atoms. The summed E-state index contributed by atoms with van der Waals surface area (Å²) in [6.45, 7) is 6.95. The molecule has 0 bridgehead atoms. The molecule has 3 rings (SSSR count). The van der Waals surface area contributed by atoms with E-state index in [4.69, 9.17) is 0 Å². The van der Waals surface area contributed by atoms with E-state index in [9.17, 15) is 4.79 Å². The van der Waals surface area contributed by atoms with Crippen LogP contribution in [0.1, 0.15) is 25.0 Å². The number of anilines is 1. The van der Waals surface area contributed by atoms with Gasteiger partial charge in [-0.15, -0.1) is 10.2 Å². The van der Waals surface area contributed by atoms with E-state index in [2.05, 4.69) is 48.4 Å². The molecule has 1 heterocycles. The highest BCUT2D eigenvalue weighted by Crippen LogP contribution is 2.25. The quantitative estimate of drug-likeness (QED) is 0.610. The number of aromatic nitrogens is 3. The summed E-state index contributed by atoms with van der Waals surface area (Å²) in [4.78, 5) is 12.4. The molecule has 3 aromatic rings. The predicted octanol–water partition coefficient (Wildman–Crippen LogP) is 4.57. The van der Waals surface area contributed by atoms with Crippen LogP contribution in [0, 0.1) is 6.92 Å². The van der Waals surface area contributed by atoms with Crippen LogP contribution < -0.4 is 5.32 Å². The van der Waals surface area contributed by atoms with Gasteiger partial charge in [-0.2, -0.15) is 0 Å². The molecule has 0 saturated heterocycles. The number of thioether (sulfide) groups is 1. The number of hydrogen-bond donors (Lipinski definition) is 1. The van der Waals surface area contributed by atoms with Gasteiger partial charge in [0.25, 0.3) is 0 Å². The number of rotatable bonds is 7. The van der Waals surface area contributed by atoms with Crippen LogP contribution >= 0.6 is 11.8 Å². The van der Waals surface area contributed by atoms with Crippen LogP contribution in [-0.2, 0) is 17.8 Å². The number of hydrogen-bond acceptors (Lipinski definition) is 4. The molecule has 27 heavy (non-hydrogen) atoms. The number of benzene rings is 2. The Hall–Kier alpha value is -2.60. The number of para-hydroxylation sites is 1. The average Bonchev–Trinajstić information content (AvgIpc) is 3.09. The summed E-state index contributed by atoms with van der Waals surface area (Å²) in [7, 11) is 0. The topological polar surface area (TPSA) is 59.8 Å². The summed E-state index contributed by atoms with van der Waals surface area (Å²) in [5.41, 5.74) is 4.23. The van der Waals surface area contributed by atoms with Crippen molar-refractivity contribution < 1.29 is 4.79 Å². The Morgan fingerprint density at radius 3 is 2.67 bits per heavy atom. The molecule has 0 aliphatic carbocycles. The fourth-order valence-corrected chi connectivity index (χ4v) is 3.75. The van der Waals surface area contributed by atoms with E-state index >= 15 is 0 Å². The molecule has 5 nitrogen and oxygen atoms in total. The summed E-state index contributed by atoms with van der Waals surface area (Å²) in [5.74, 6) is 1.09. The first-order valence-corrected chi connectivity index (χ1v) is 10.1. The molecule has 2 aromatic carbocycles. The van der Waals surface area contributed by atoms with Gasteiger partial charge in [0, 0.05) is 17.8 Å². The van der Waals surface area contributed by atoms with Crippen molar-refractivity contribution in [3.8, 4) is 11.4 Å². The van der Waals surface area contributed by atoms with Crippen molar-refractivity contribution >= 4 is 23.4 Å².